The minimum atomic E-state index is -1.58. The van der Waals surface area contributed by atoms with E-state index in [-0.39, 0.29) is 0 Å². The van der Waals surface area contributed by atoms with Crippen LogP contribution in [0.3, 0.4) is 0 Å². The molecule has 0 saturated carbocycles. The molecular weight excluding hydrogens is 409 g/mol. The number of hydrogen-bond donors (Lipinski definition) is 1. The molecule has 0 bridgehead atoms. The van der Waals surface area contributed by atoms with E-state index in [1.165, 1.54) is 72.8 Å². The van der Waals surface area contributed by atoms with Crippen molar-refractivity contribution in [3.63, 3.8) is 0 Å². The molecule has 1 heterocycles. The van der Waals surface area contributed by atoms with Gasteiger partial charge in [0.2, 0.25) is 5.91 Å². The van der Waals surface area contributed by atoms with Gasteiger partial charge in [-0.15, -0.1) is 0 Å². The highest BCUT2D eigenvalue weighted by Gasteiger charge is 2.57. The molecule has 1 fully saturated rings. The number of benzene rings is 3. The topological polar surface area (TPSA) is 72.6 Å². The number of amides is 2. The van der Waals surface area contributed by atoms with Crippen molar-refractivity contribution >= 4 is 12.0 Å². The van der Waals surface area contributed by atoms with Gasteiger partial charge in [0.1, 0.15) is 30.0 Å². The van der Waals surface area contributed by atoms with Crippen molar-refractivity contribution < 1.29 is 27.5 Å². The van der Waals surface area contributed by atoms with Crippen LogP contribution in [-0.2, 0) is 15.1 Å². The number of hydrogen-bond acceptors (Lipinski definition) is 3. The van der Waals surface area contributed by atoms with Crippen LogP contribution in [0, 0.1) is 17.5 Å². The predicted molar refractivity (Wildman–Crippen MR) is 105 cm³/mol. The highest BCUT2D eigenvalue weighted by molar-refractivity contribution is 5.83. The van der Waals surface area contributed by atoms with Crippen molar-refractivity contribution in [3.05, 3.63) is 107 Å². The third-order valence-corrected chi connectivity index (χ3v) is 5.24. The SMILES string of the molecule is NC(=O)CN1C(=O)OC(c2ccc(F)cc2)(c2ccc(F)cc2)[C@@H]1c1ccc(F)cc1. The lowest BCUT2D eigenvalue weighted by molar-refractivity contribution is -0.118. The second-order valence-electron chi connectivity index (χ2n) is 7.17. The van der Waals surface area contributed by atoms with Gasteiger partial charge in [0.05, 0.1) is 0 Å². The number of nitrogens with zero attached hydrogens (tertiary/aromatic N) is 1. The fourth-order valence-corrected chi connectivity index (χ4v) is 3.96. The van der Waals surface area contributed by atoms with Crippen LogP contribution < -0.4 is 5.73 Å². The smallest absolute Gasteiger partial charge is 0.412 e. The van der Waals surface area contributed by atoms with E-state index in [0.29, 0.717) is 16.7 Å². The standard InChI is InChI=1S/C23H17F3N2O3/c24-17-7-1-14(2-8-17)21-23(15-3-9-18(25)10-4-15,16-5-11-19(26)12-6-16)31-22(30)28(21)13-20(27)29/h1-12,21H,13H2,(H2,27,29)/t21-/m0/s1. The first-order valence-electron chi connectivity index (χ1n) is 9.37. The Balaban J connectivity index is 2.01. The summed E-state index contributed by atoms with van der Waals surface area (Å²) in [4.78, 5) is 25.8. The molecule has 0 aliphatic carbocycles. The Hall–Kier alpha value is -3.81. The molecule has 3 aromatic rings. The van der Waals surface area contributed by atoms with Crippen LogP contribution in [0.5, 0.6) is 0 Å². The van der Waals surface area contributed by atoms with Crippen LogP contribution in [0.4, 0.5) is 18.0 Å². The largest absolute Gasteiger partial charge is 0.430 e. The molecule has 0 radical (unpaired) electrons. The maximum atomic E-state index is 13.7. The predicted octanol–water partition coefficient (Wildman–Crippen LogP) is 4.03. The maximum Gasteiger partial charge on any atom is 0.412 e. The number of primary amides is 1. The van der Waals surface area contributed by atoms with Gasteiger partial charge in [-0.25, -0.2) is 18.0 Å². The lowest BCUT2D eigenvalue weighted by Crippen LogP contribution is -2.41. The molecule has 2 amide bonds. The van der Waals surface area contributed by atoms with Gasteiger partial charge in [0.25, 0.3) is 0 Å². The molecule has 0 aromatic heterocycles. The molecule has 31 heavy (non-hydrogen) atoms. The monoisotopic (exact) mass is 426 g/mol. The van der Waals surface area contributed by atoms with Crippen molar-refractivity contribution in [1.82, 2.24) is 4.90 Å². The summed E-state index contributed by atoms with van der Waals surface area (Å²) in [5.74, 6) is -2.29. The summed E-state index contributed by atoms with van der Waals surface area (Å²) in [7, 11) is 0. The van der Waals surface area contributed by atoms with Crippen LogP contribution in [-0.4, -0.2) is 23.4 Å². The fourth-order valence-electron chi connectivity index (χ4n) is 3.96. The van der Waals surface area contributed by atoms with E-state index < -0.39 is 47.6 Å². The Morgan fingerprint density at radius 3 is 1.68 bits per heavy atom. The second-order valence-corrected chi connectivity index (χ2v) is 7.17. The van der Waals surface area contributed by atoms with Crippen molar-refractivity contribution in [1.29, 1.82) is 0 Å². The molecule has 5 nitrogen and oxygen atoms in total. The number of carbonyl (C=O) groups excluding carboxylic acids is 2. The highest BCUT2D eigenvalue weighted by atomic mass is 19.1. The summed E-state index contributed by atoms with van der Waals surface area (Å²) >= 11 is 0. The first kappa shape index (κ1) is 20.5. The van der Waals surface area contributed by atoms with E-state index in [1.807, 2.05) is 0 Å². The summed E-state index contributed by atoms with van der Waals surface area (Å²) in [6, 6.07) is 14.9. The molecule has 1 aliphatic heterocycles. The fraction of sp³-hybridized carbons (Fsp3) is 0.130. The van der Waals surface area contributed by atoms with Gasteiger partial charge in [-0.3, -0.25) is 9.69 Å². The molecule has 0 unspecified atom stereocenters. The van der Waals surface area contributed by atoms with Crippen molar-refractivity contribution in [3.8, 4) is 0 Å². The number of cyclic esters (lactones) is 1. The molecule has 158 valence electrons. The first-order chi connectivity index (χ1) is 14.8. The summed E-state index contributed by atoms with van der Waals surface area (Å²) < 4.78 is 46.8. The molecule has 4 rings (SSSR count). The van der Waals surface area contributed by atoms with Crippen LogP contribution in [0.1, 0.15) is 22.7 Å². The minimum Gasteiger partial charge on any atom is -0.430 e. The molecule has 1 atom stereocenters. The molecule has 1 saturated heterocycles. The van der Waals surface area contributed by atoms with Gasteiger partial charge < -0.3 is 10.5 Å². The second kappa shape index (κ2) is 7.79. The summed E-state index contributed by atoms with van der Waals surface area (Å²) in [6.07, 6.45) is -0.846. The lowest BCUT2D eigenvalue weighted by Gasteiger charge is -2.36. The number of halogens is 3. The Kier molecular flexibility index (Phi) is 5.14. The Labute approximate surface area is 175 Å². The zero-order valence-electron chi connectivity index (χ0n) is 16.1. The lowest BCUT2D eigenvalue weighted by atomic mass is 9.77. The van der Waals surface area contributed by atoms with E-state index in [0.717, 1.165) is 4.90 Å². The number of rotatable bonds is 5. The molecule has 0 spiro atoms. The van der Waals surface area contributed by atoms with Crippen molar-refractivity contribution in [2.24, 2.45) is 5.73 Å². The molecule has 2 N–H and O–H groups in total. The van der Waals surface area contributed by atoms with Gasteiger partial charge in [-0.1, -0.05) is 36.4 Å². The first-order valence-corrected chi connectivity index (χ1v) is 9.37. The Bertz CT molecular complexity index is 1070. The zero-order chi connectivity index (χ0) is 22.2. The number of ether oxygens (including phenoxy) is 1. The number of nitrogens with two attached hydrogens (primary N) is 1. The zero-order valence-corrected chi connectivity index (χ0v) is 16.1. The third kappa shape index (κ3) is 3.61. The van der Waals surface area contributed by atoms with Gasteiger partial charge in [0.15, 0.2) is 5.60 Å². The van der Waals surface area contributed by atoms with Gasteiger partial charge >= 0.3 is 6.09 Å². The van der Waals surface area contributed by atoms with Gasteiger partial charge in [-0.05, 0) is 42.0 Å². The molecular formula is C23H17F3N2O3. The maximum absolute atomic E-state index is 13.7. The van der Waals surface area contributed by atoms with E-state index in [4.69, 9.17) is 10.5 Å². The Morgan fingerprint density at radius 1 is 0.839 bits per heavy atom. The molecule has 1 aliphatic rings. The van der Waals surface area contributed by atoms with Crippen LogP contribution in [0.2, 0.25) is 0 Å². The number of carbonyl (C=O) groups is 2. The van der Waals surface area contributed by atoms with E-state index >= 15 is 0 Å². The van der Waals surface area contributed by atoms with Crippen LogP contribution in [0.15, 0.2) is 72.8 Å². The summed E-state index contributed by atoms with van der Waals surface area (Å²) in [6.45, 7) is -0.467. The average molecular weight is 426 g/mol. The normalized spacial score (nSPS) is 17.5. The minimum absolute atomic E-state index is 0.384. The van der Waals surface area contributed by atoms with Crippen LogP contribution >= 0.6 is 0 Å². The Morgan fingerprint density at radius 2 is 1.26 bits per heavy atom. The summed E-state index contributed by atoms with van der Waals surface area (Å²) in [5, 5.41) is 0. The molecule has 8 heteroatoms. The van der Waals surface area contributed by atoms with E-state index in [1.54, 1.807) is 0 Å². The van der Waals surface area contributed by atoms with Crippen molar-refractivity contribution in [2.75, 3.05) is 6.54 Å². The van der Waals surface area contributed by atoms with E-state index in [9.17, 15) is 22.8 Å². The summed E-state index contributed by atoms with van der Waals surface area (Å²) in [5.41, 5.74) is 4.99. The van der Waals surface area contributed by atoms with E-state index in [2.05, 4.69) is 0 Å². The average Bonchev–Trinajstić information content (AvgIpc) is 3.02. The van der Waals surface area contributed by atoms with Gasteiger partial charge in [0, 0.05) is 11.1 Å². The molecule has 3 aromatic carbocycles. The van der Waals surface area contributed by atoms with Gasteiger partial charge in [-0.2, -0.15) is 0 Å². The third-order valence-electron chi connectivity index (χ3n) is 5.24. The quantitative estimate of drug-likeness (QED) is 0.670. The highest BCUT2D eigenvalue weighted by Crippen LogP contribution is 2.52. The van der Waals surface area contributed by atoms with Crippen molar-refractivity contribution in [2.45, 2.75) is 11.6 Å². The van der Waals surface area contributed by atoms with Crippen LogP contribution in [0.25, 0.3) is 0 Å².